The number of amidine groups is 1. The average Bonchev–Trinajstić information content (AvgIpc) is 2.65. The number of nitrogen functional groups attached to an aromatic ring is 1. The van der Waals surface area contributed by atoms with Crippen molar-refractivity contribution in [3.8, 4) is 0 Å². The molecule has 0 fully saturated rings. The molecule has 0 saturated carbocycles. The molecule has 0 atom stereocenters. The predicted octanol–water partition coefficient (Wildman–Crippen LogP) is 1.07. The summed E-state index contributed by atoms with van der Waals surface area (Å²) in [7, 11) is 0. The minimum Gasteiger partial charge on any atom is -0.382 e. The Morgan fingerprint density at radius 3 is 2.75 bits per heavy atom. The number of nitrogens with zero attached hydrogens (tertiary/aromatic N) is 4. The standard InChI is InChI=1S/C8H8N6S2/c1-4-13-8(16-14-4)15-6-3-11-5(2-12-6)7(9)10/h2-3H,1H3,(H3,9,10). The van der Waals surface area contributed by atoms with Crippen LogP contribution in [-0.2, 0) is 0 Å². The zero-order chi connectivity index (χ0) is 11.5. The third-order valence-electron chi connectivity index (χ3n) is 1.60. The van der Waals surface area contributed by atoms with E-state index in [9.17, 15) is 0 Å². The minimum absolute atomic E-state index is 0.0872. The zero-order valence-corrected chi connectivity index (χ0v) is 9.97. The summed E-state index contributed by atoms with van der Waals surface area (Å²) < 4.78 is 4.89. The average molecular weight is 252 g/mol. The summed E-state index contributed by atoms with van der Waals surface area (Å²) in [5.74, 6) is 0.664. The van der Waals surface area contributed by atoms with E-state index in [2.05, 4.69) is 19.3 Å². The van der Waals surface area contributed by atoms with Crippen LogP contribution in [0.25, 0.3) is 0 Å². The van der Waals surface area contributed by atoms with Gasteiger partial charge < -0.3 is 5.73 Å². The molecule has 16 heavy (non-hydrogen) atoms. The first kappa shape index (κ1) is 11.0. The van der Waals surface area contributed by atoms with E-state index in [1.807, 2.05) is 6.92 Å². The molecule has 0 saturated heterocycles. The molecule has 0 aromatic carbocycles. The van der Waals surface area contributed by atoms with Crippen LogP contribution in [0.5, 0.6) is 0 Å². The molecular formula is C8H8N6S2. The summed E-state index contributed by atoms with van der Waals surface area (Å²) in [6.45, 7) is 1.84. The molecule has 0 amide bonds. The van der Waals surface area contributed by atoms with Gasteiger partial charge in [-0.15, -0.1) is 0 Å². The molecule has 2 rings (SSSR count). The van der Waals surface area contributed by atoms with Crippen molar-refractivity contribution < 1.29 is 0 Å². The van der Waals surface area contributed by atoms with Gasteiger partial charge in [0.2, 0.25) is 0 Å². The number of aryl methyl sites for hydroxylation is 1. The predicted molar refractivity (Wildman–Crippen MR) is 61.8 cm³/mol. The Balaban J connectivity index is 2.14. The van der Waals surface area contributed by atoms with E-state index >= 15 is 0 Å². The van der Waals surface area contributed by atoms with Gasteiger partial charge in [-0.05, 0) is 30.2 Å². The van der Waals surface area contributed by atoms with Crippen molar-refractivity contribution in [2.45, 2.75) is 16.3 Å². The van der Waals surface area contributed by atoms with Crippen LogP contribution in [0.4, 0.5) is 0 Å². The summed E-state index contributed by atoms with van der Waals surface area (Å²) in [6, 6.07) is 0. The van der Waals surface area contributed by atoms with Crippen LogP contribution in [-0.4, -0.2) is 25.2 Å². The van der Waals surface area contributed by atoms with Crippen LogP contribution in [0.2, 0.25) is 0 Å². The van der Waals surface area contributed by atoms with E-state index < -0.39 is 0 Å². The van der Waals surface area contributed by atoms with Crippen molar-refractivity contribution in [2.24, 2.45) is 5.73 Å². The lowest BCUT2D eigenvalue weighted by atomic mass is 10.4. The molecule has 0 radical (unpaired) electrons. The smallest absolute Gasteiger partial charge is 0.176 e. The molecule has 0 aliphatic carbocycles. The highest BCUT2D eigenvalue weighted by Crippen LogP contribution is 2.26. The van der Waals surface area contributed by atoms with Gasteiger partial charge in [0.1, 0.15) is 22.4 Å². The van der Waals surface area contributed by atoms with Crippen molar-refractivity contribution in [3.05, 3.63) is 23.9 Å². The monoisotopic (exact) mass is 252 g/mol. The van der Waals surface area contributed by atoms with Gasteiger partial charge in [-0.25, -0.2) is 15.0 Å². The van der Waals surface area contributed by atoms with Crippen molar-refractivity contribution in [2.75, 3.05) is 0 Å². The van der Waals surface area contributed by atoms with E-state index in [-0.39, 0.29) is 5.84 Å². The quantitative estimate of drug-likeness (QED) is 0.626. The molecule has 82 valence electrons. The molecule has 8 heteroatoms. The van der Waals surface area contributed by atoms with E-state index in [1.54, 1.807) is 6.20 Å². The Kier molecular flexibility index (Phi) is 3.11. The molecule has 3 N–H and O–H groups in total. The first-order valence-corrected chi connectivity index (χ1v) is 5.89. The Morgan fingerprint density at radius 2 is 2.25 bits per heavy atom. The van der Waals surface area contributed by atoms with Gasteiger partial charge in [-0.3, -0.25) is 5.41 Å². The Labute approximate surface area is 100 Å². The molecular weight excluding hydrogens is 244 g/mol. The molecule has 0 aliphatic heterocycles. The van der Waals surface area contributed by atoms with Gasteiger partial charge in [0, 0.05) is 0 Å². The van der Waals surface area contributed by atoms with Crippen molar-refractivity contribution in [1.29, 1.82) is 5.41 Å². The van der Waals surface area contributed by atoms with Gasteiger partial charge >= 0.3 is 0 Å². The van der Waals surface area contributed by atoms with Gasteiger partial charge in [0.25, 0.3) is 0 Å². The van der Waals surface area contributed by atoms with Crippen LogP contribution in [0.15, 0.2) is 21.8 Å². The van der Waals surface area contributed by atoms with Crippen LogP contribution >= 0.6 is 23.3 Å². The molecule has 0 unspecified atom stereocenters. The lowest BCUT2D eigenvalue weighted by Crippen LogP contribution is -2.13. The number of nitrogens with one attached hydrogen (secondary N) is 1. The maximum Gasteiger partial charge on any atom is 0.176 e. The van der Waals surface area contributed by atoms with Gasteiger partial charge in [-0.2, -0.15) is 4.37 Å². The number of hydrogen-bond donors (Lipinski definition) is 2. The summed E-state index contributed by atoms with van der Waals surface area (Å²) in [4.78, 5) is 12.3. The maximum absolute atomic E-state index is 7.18. The normalized spacial score (nSPS) is 10.3. The number of nitrogens with two attached hydrogens (primary N) is 1. The first-order valence-electron chi connectivity index (χ1n) is 4.30. The van der Waals surface area contributed by atoms with E-state index in [0.717, 1.165) is 10.2 Å². The fourth-order valence-corrected chi connectivity index (χ4v) is 2.43. The highest BCUT2D eigenvalue weighted by atomic mass is 32.2. The van der Waals surface area contributed by atoms with Gasteiger partial charge in [-0.1, -0.05) is 0 Å². The number of rotatable bonds is 3. The first-order chi connectivity index (χ1) is 7.65. The fraction of sp³-hybridized carbons (Fsp3) is 0.125. The summed E-state index contributed by atoms with van der Waals surface area (Å²) in [5.41, 5.74) is 5.65. The second kappa shape index (κ2) is 4.54. The minimum atomic E-state index is -0.0872. The lowest BCUT2D eigenvalue weighted by molar-refractivity contribution is 1.03. The third-order valence-corrected chi connectivity index (χ3v) is 3.37. The van der Waals surface area contributed by atoms with Crippen LogP contribution in [0.1, 0.15) is 11.5 Å². The Bertz CT molecular complexity index is 506. The van der Waals surface area contributed by atoms with Crippen molar-refractivity contribution in [1.82, 2.24) is 19.3 Å². The molecule has 2 heterocycles. The van der Waals surface area contributed by atoms with Gasteiger partial charge in [0.05, 0.1) is 12.4 Å². The fourth-order valence-electron chi connectivity index (χ4n) is 0.917. The number of hydrogen-bond acceptors (Lipinski definition) is 7. The van der Waals surface area contributed by atoms with E-state index in [4.69, 9.17) is 11.1 Å². The van der Waals surface area contributed by atoms with Gasteiger partial charge in [0.15, 0.2) is 4.34 Å². The van der Waals surface area contributed by atoms with Crippen LogP contribution < -0.4 is 5.73 Å². The topological polar surface area (TPSA) is 101 Å². The third kappa shape index (κ3) is 2.52. The summed E-state index contributed by atoms with van der Waals surface area (Å²) in [6.07, 6.45) is 3.04. The molecule has 2 aromatic rings. The zero-order valence-electron chi connectivity index (χ0n) is 8.34. The summed E-state index contributed by atoms with van der Waals surface area (Å²) in [5, 5.41) is 7.89. The maximum atomic E-state index is 7.18. The SMILES string of the molecule is Cc1nsc(Sc2cnc(C(=N)N)cn2)n1. The van der Waals surface area contributed by atoms with Crippen molar-refractivity contribution in [3.63, 3.8) is 0 Å². The number of aromatic nitrogens is 4. The van der Waals surface area contributed by atoms with Crippen LogP contribution in [0.3, 0.4) is 0 Å². The largest absolute Gasteiger partial charge is 0.382 e. The summed E-state index contributed by atoms with van der Waals surface area (Å²) >= 11 is 2.71. The molecule has 0 aliphatic rings. The van der Waals surface area contributed by atoms with Crippen molar-refractivity contribution >= 4 is 29.1 Å². The Hall–Kier alpha value is -1.54. The van der Waals surface area contributed by atoms with E-state index in [0.29, 0.717) is 10.7 Å². The molecule has 0 bridgehead atoms. The molecule has 0 spiro atoms. The highest BCUT2D eigenvalue weighted by Gasteiger charge is 2.05. The lowest BCUT2D eigenvalue weighted by Gasteiger charge is -1.98. The van der Waals surface area contributed by atoms with Crippen LogP contribution in [0, 0.1) is 12.3 Å². The Morgan fingerprint density at radius 1 is 1.44 bits per heavy atom. The highest BCUT2D eigenvalue weighted by molar-refractivity contribution is 8.00. The molecule has 2 aromatic heterocycles. The second-order valence-corrected chi connectivity index (χ2v) is 4.88. The van der Waals surface area contributed by atoms with E-state index in [1.165, 1.54) is 29.5 Å². The molecule has 6 nitrogen and oxygen atoms in total. The second-order valence-electron chi connectivity index (χ2n) is 2.86.